The molecule has 0 N–H and O–H groups in total. The average molecular weight is 629 g/mol. The number of benzene rings is 4. The van der Waals surface area contributed by atoms with Gasteiger partial charge in [-0.25, -0.2) is 0 Å². The molecule has 0 aliphatic heterocycles. The Morgan fingerprint density at radius 2 is 0.895 bits per heavy atom. The molecule has 0 nitrogen and oxygen atoms in total. The zero-order valence-corrected chi connectivity index (χ0v) is 27.1. The van der Waals surface area contributed by atoms with Crippen molar-refractivity contribution in [2.24, 2.45) is 0 Å². The standard InChI is InChI=1S/C34H30Si.2ClH.Zr/c1-23-21-31-27(25-13-7-5-8-14-25)17-11-19-29(31)33(23)35(3,4)34-24(2)22-32-28(18-12-20-30(32)34)26-15-9-6-10-16-26;;;/h5-22H,1-4H3;2*1H;/q-2;;;+4/p-2. The van der Waals surface area contributed by atoms with Crippen molar-refractivity contribution in [3.05, 3.63) is 120 Å². The van der Waals surface area contributed by atoms with Gasteiger partial charge in [-0.05, 0) is 11.1 Å². The van der Waals surface area contributed by atoms with E-state index in [2.05, 4.69) is 136 Å². The number of aryl methyl sites for hydroxylation is 2. The fourth-order valence-electron chi connectivity index (χ4n) is 6.40. The van der Waals surface area contributed by atoms with Crippen LogP contribution in [0.5, 0.6) is 0 Å². The molecule has 6 rings (SSSR count). The van der Waals surface area contributed by atoms with Crippen LogP contribution in [0.2, 0.25) is 13.1 Å². The zero-order valence-electron chi connectivity index (χ0n) is 22.1. The molecule has 0 atom stereocenters. The van der Waals surface area contributed by atoms with E-state index in [0.29, 0.717) is 0 Å². The number of halogens is 2. The maximum atomic E-state index is 4.93. The van der Waals surface area contributed by atoms with Gasteiger partial charge in [0.05, 0.1) is 8.07 Å². The van der Waals surface area contributed by atoms with Crippen LogP contribution in [-0.2, 0) is 20.8 Å². The molecule has 0 aromatic heterocycles. The molecule has 0 heterocycles. The molecule has 4 heteroatoms. The van der Waals surface area contributed by atoms with E-state index in [4.69, 9.17) is 17.0 Å². The molecule has 0 radical (unpaired) electrons. The third kappa shape index (κ3) is 4.93. The van der Waals surface area contributed by atoms with Crippen molar-refractivity contribution in [3.8, 4) is 22.3 Å². The van der Waals surface area contributed by atoms with Gasteiger partial charge >= 0.3 is 37.9 Å². The first-order valence-electron chi connectivity index (χ1n) is 12.8. The Labute approximate surface area is 245 Å². The maximum absolute atomic E-state index is 4.93. The van der Waals surface area contributed by atoms with Gasteiger partial charge in [-0.3, -0.25) is 0 Å². The molecule has 0 fully saturated rings. The molecule has 0 spiro atoms. The van der Waals surface area contributed by atoms with E-state index >= 15 is 0 Å². The van der Waals surface area contributed by atoms with Crippen molar-refractivity contribution < 1.29 is 20.8 Å². The van der Waals surface area contributed by atoms with Gasteiger partial charge in [0.1, 0.15) is 0 Å². The van der Waals surface area contributed by atoms with Crippen molar-refractivity contribution in [1.82, 2.24) is 0 Å². The van der Waals surface area contributed by atoms with E-state index in [1.54, 1.807) is 10.4 Å². The molecule has 0 saturated carbocycles. The monoisotopic (exact) mass is 626 g/mol. The summed E-state index contributed by atoms with van der Waals surface area (Å²) in [5.41, 5.74) is 8.09. The molecule has 0 aliphatic rings. The molecule has 0 aliphatic carbocycles. The Balaban J connectivity index is 0.000000937. The van der Waals surface area contributed by atoms with E-state index in [-0.39, 0.29) is 0 Å². The third-order valence-electron chi connectivity index (χ3n) is 7.68. The molecule has 38 heavy (non-hydrogen) atoms. The van der Waals surface area contributed by atoms with Crippen molar-refractivity contribution >= 4 is 57.0 Å². The van der Waals surface area contributed by atoms with E-state index in [0.717, 1.165) is 0 Å². The van der Waals surface area contributed by atoms with Gasteiger partial charge in [0.2, 0.25) is 0 Å². The first kappa shape index (κ1) is 27.4. The number of fused-ring (bicyclic) bond motifs is 2. The fraction of sp³-hybridized carbons (Fsp3) is 0.118. The molecular formula is C34H30Cl2SiZr. The second kappa shape index (κ2) is 11.5. The van der Waals surface area contributed by atoms with Gasteiger partial charge in [0, 0.05) is 0 Å². The summed E-state index contributed by atoms with van der Waals surface area (Å²) in [7, 11) is 7.85. The van der Waals surface area contributed by atoms with Crippen LogP contribution in [0.25, 0.3) is 43.8 Å². The van der Waals surface area contributed by atoms with E-state index < -0.39 is 28.9 Å². The van der Waals surface area contributed by atoms with Crippen LogP contribution in [0.15, 0.2) is 109 Å². The second-order valence-electron chi connectivity index (χ2n) is 10.4. The summed E-state index contributed by atoms with van der Waals surface area (Å²) in [5.74, 6) is 0. The first-order valence-corrected chi connectivity index (χ1v) is 22.2. The van der Waals surface area contributed by atoms with Crippen LogP contribution in [0.4, 0.5) is 0 Å². The molecule has 6 aromatic rings. The Bertz CT molecular complexity index is 1570. The fourth-order valence-corrected chi connectivity index (χ4v) is 10.6. The van der Waals surface area contributed by atoms with Gasteiger partial charge in [-0.15, -0.1) is 12.1 Å². The summed E-state index contributed by atoms with van der Waals surface area (Å²) >= 11 is -0.826. The second-order valence-corrected chi connectivity index (χ2v) is 18.3. The topological polar surface area (TPSA) is 0 Å². The van der Waals surface area contributed by atoms with Crippen LogP contribution < -0.4 is 10.4 Å². The Hall–Kier alpha value is -2.22. The van der Waals surface area contributed by atoms with Crippen LogP contribution in [0, 0.1) is 13.8 Å². The van der Waals surface area contributed by atoms with Crippen molar-refractivity contribution in [2.75, 3.05) is 0 Å². The van der Waals surface area contributed by atoms with Crippen LogP contribution in [0.1, 0.15) is 11.1 Å². The summed E-state index contributed by atoms with van der Waals surface area (Å²) in [4.78, 5) is 0. The minimum atomic E-state index is -2.02. The van der Waals surface area contributed by atoms with Crippen LogP contribution >= 0.6 is 17.0 Å². The summed E-state index contributed by atoms with van der Waals surface area (Å²) in [6.45, 7) is 9.71. The summed E-state index contributed by atoms with van der Waals surface area (Å²) in [6, 6.07) is 40.2. The Morgan fingerprint density at radius 3 is 1.26 bits per heavy atom. The van der Waals surface area contributed by atoms with Crippen LogP contribution in [0.3, 0.4) is 0 Å². The molecule has 0 amide bonds. The van der Waals surface area contributed by atoms with Gasteiger partial charge in [0.15, 0.2) is 0 Å². The quantitative estimate of drug-likeness (QED) is 0.135. The average Bonchev–Trinajstić information content (AvgIpc) is 3.46. The van der Waals surface area contributed by atoms with Gasteiger partial charge < -0.3 is 0 Å². The summed E-state index contributed by atoms with van der Waals surface area (Å²) in [5, 5.41) is 8.76. The Kier molecular flexibility index (Phi) is 8.27. The van der Waals surface area contributed by atoms with Gasteiger partial charge in [0.25, 0.3) is 0 Å². The van der Waals surface area contributed by atoms with Gasteiger partial charge in [-0.2, -0.15) is 55.2 Å². The van der Waals surface area contributed by atoms with Crippen molar-refractivity contribution in [1.29, 1.82) is 0 Å². The number of hydrogen-bond acceptors (Lipinski definition) is 0. The predicted molar refractivity (Wildman–Crippen MR) is 168 cm³/mol. The first-order chi connectivity index (χ1) is 18.4. The van der Waals surface area contributed by atoms with E-state index in [1.165, 1.54) is 54.9 Å². The SMILES string of the molecule is C[c-]1cc2c(-c3ccccc3)cccc2c1[Si](C)(C)c1c2cccc(-c3ccccc3)c2c[c-]1C.[Cl][Zr+2][Cl]. The zero-order chi connectivity index (χ0) is 26.9. The molecule has 0 unspecified atom stereocenters. The summed E-state index contributed by atoms with van der Waals surface area (Å²) < 4.78 is 0. The van der Waals surface area contributed by atoms with E-state index in [1.807, 2.05) is 0 Å². The number of hydrogen-bond donors (Lipinski definition) is 0. The van der Waals surface area contributed by atoms with Gasteiger partial charge in [-0.1, -0.05) is 123 Å². The molecule has 0 bridgehead atoms. The van der Waals surface area contributed by atoms with Crippen molar-refractivity contribution in [2.45, 2.75) is 26.9 Å². The minimum absolute atomic E-state index is 0.826. The summed E-state index contributed by atoms with van der Waals surface area (Å²) in [6.07, 6.45) is 0. The van der Waals surface area contributed by atoms with Crippen molar-refractivity contribution in [3.63, 3.8) is 0 Å². The molecule has 6 aromatic carbocycles. The predicted octanol–water partition coefficient (Wildman–Crippen LogP) is 9.58. The van der Waals surface area contributed by atoms with E-state index in [9.17, 15) is 0 Å². The normalized spacial score (nSPS) is 11.3. The Morgan fingerprint density at radius 1 is 0.526 bits per heavy atom. The van der Waals surface area contributed by atoms with Crippen LogP contribution in [-0.4, -0.2) is 8.07 Å². The molecular weight excluding hydrogens is 599 g/mol. The number of rotatable bonds is 4. The molecule has 188 valence electrons. The molecule has 0 saturated heterocycles. The third-order valence-corrected chi connectivity index (χ3v) is 11.5.